The Morgan fingerprint density at radius 2 is 2.11 bits per heavy atom. The van der Waals surface area contributed by atoms with Crippen molar-refractivity contribution in [2.75, 3.05) is 6.61 Å². The van der Waals surface area contributed by atoms with Crippen molar-refractivity contribution in [3.8, 4) is 11.8 Å². The van der Waals surface area contributed by atoms with Gasteiger partial charge in [0.25, 0.3) is 0 Å². The molecule has 19 heavy (non-hydrogen) atoms. The van der Waals surface area contributed by atoms with E-state index in [1.807, 2.05) is 6.07 Å². The maximum Gasteiger partial charge on any atom is 0.339 e. The number of rotatable bonds is 7. The van der Waals surface area contributed by atoms with Gasteiger partial charge in [-0.3, -0.25) is 0 Å². The van der Waals surface area contributed by atoms with Gasteiger partial charge in [0.15, 0.2) is 0 Å². The second-order valence-electron chi connectivity index (χ2n) is 4.49. The van der Waals surface area contributed by atoms with Crippen molar-refractivity contribution in [2.45, 2.75) is 39.5 Å². The second kappa shape index (κ2) is 7.42. The summed E-state index contributed by atoms with van der Waals surface area (Å²) < 4.78 is 5.54. The molecule has 4 heteroatoms. The summed E-state index contributed by atoms with van der Waals surface area (Å²) in [5.41, 5.74) is 1.16. The first-order chi connectivity index (χ1) is 9.10. The van der Waals surface area contributed by atoms with E-state index in [1.165, 1.54) is 6.07 Å². The molecule has 0 radical (unpaired) electrons. The van der Waals surface area contributed by atoms with Crippen molar-refractivity contribution in [3.63, 3.8) is 0 Å². The molecule has 102 valence electrons. The van der Waals surface area contributed by atoms with Gasteiger partial charge in [-0.05, 0) is 31.0 Å². The highest BCUT2D eigenvalue weighted by Crippen LogP contribution is 2.23. The van der Waals surface area contributed by atoms with Crippen LogP contribution < -0.4 is 4.74 Å². The van der Waals surface area contributed by atoms with Crippen LogP contribution in [0.5, 0.6) is 5.75 Å². The van der Waals surface area contributed by atoms with Crippen LogP contribution in [0.15, 0.2) is 12.1 Å². The SMILES string of the molecule is CCCCCCOc1cc(C)c(C#N)cc1C(=O)O. The van der Waals surface area contributed by atoms with Crippen molar-refractivity contribution in [3.05, 3.63) is 28.8 Å². The Labute approximate surface area is 113 Å². The molecule has 1 rings (SSSR count). The van der Waals surface area contributed by atoms with Gasteiger partial charge in [-0.1, -0.05) is 26.2 Å². The molecule has 0 atom stereocenters. The zero-order valence-corrected chi connectivity index (χ0v) is 11.4. The molecule has 0 saturated carbocycles. The molecule has 0 spiro atoms. The summed E-state index contributed by atoms with van der Waals surface area (Å²) in [6, 6.07) is 4.98. The first-order valence-electron chi connectivity index (χ1n) is 6.51. The Hall–Kier alpha value is -2.02. The molecule has 1 N–H and O–H groups in total. The predicted molar refractivity (Wildman–Crippen MR) is 72.5 cm³/mol. The van der Waals surface area contributed by atoms with Crippen LogP contribution in [-0.4, -0.2) is 17.7 Å². The van der Waals surface area contributed by atoms with Gasteiger partial charge >= 0.3 is 5.97 Å². The Balaban J connectivity index is 2.79. The topological polar surface area (TPSA) is 70.3 Å². The molecule has 0 fully saturated rings. The lowest BCUT2D eigenvalue weighted by molar-refractivity contribution is 0.0692. The van der Waals surface area contributed by atoms with Crippen LogP contribution in [0.1, 0.15) is 54.1 Å². The van der Waals surface area contributed by atoms with E-state index < -0.39 is 5.97 Å². The number of hydrogen-bond donors (Lipinski definition) is 1. The molecule has 0 unspecified atom stereocenters. The fourth-order valence-corrected chi connectivity index (χ4v) is 1.80. The first kappa shape index (κ1) is 15.0. The summed E-state index contributed by atoms with van der Waals surface area (Å²) in [5.74, 6) is -0.722. The summed E-state index contributed by atoms with van der Waals surface area (Å²) in [4.78, 5) is 11.1. The van der Waals surface area contributed by atoms with E-state index in [2.05, 4.69) is 6.92 Å². The van der Waals surface area contributed by atoms with Crippen LogP contribution in [-0.2, 0) is 0 Å². The van der Waals surface area contributed by atoms with E-state index in [-0.39, 0.29) is 5.56 Å². The number of carboxylic acids is 1. The Morgan fingerprint density at radius 1 is 1.37 bits per heavy atom. The lowest BCUT2D eigenvalue weighted by Crippen LogP contribution is -2.06. The summed E-state index contributed by atoms with van der Waals surface area (Å²) in [6.45, 7) is 4.41. The minimum atomic E-state index is -1.07. The van der Waals surface area contributed by atoms with Gasteiger partial charge in [-0.15, -0.1) is 0 Å². The third-order valence-corrected chi connectivity index (χ3v) is 2.93. The molecule has 0 heterocycles. The van der Waals surface area contributed by atoms with Crippen molar-refractivity contribution < 1.29 is 14.6 Å². The molecule has 0 aliphatic heterocycles. The molecule has 0 saturated heterocycles. The van der Waals surface area contributed by atoms with Gasteiger partial charge in [-0.2, -0.15) is 5.26 Å². The molecular weight excluding hydrogens is 242 g/mol. The highest BCUT2D eigenvalue weighted by molar-refractivity contribution is 5.91. The first-order valence-corrected chi connectivity index (χ1v) is 6.51. The zero-order chi connectivity index (χ0) is 14.3. The van der Waals surface area contributed by atoms with Gasteiger partial charge in [-0.25, -0.2) is 4.79 Å². The quantitative estimate of drug-likeness (QED) is 0.762. The van der Waals surface area contributed by atoms with Crippen LogP contribution in [0.25, 0.3) is 0 Å². The molecular formula is C15H19NO3. The second-order valence-corrected chi connectivity index (χ2v) is 4.49. The molecule has 0 amide bonds. The number of benzene rings is 1. The Bertz CT molecular complexity index is 489. The predicted octanol–water partition coefficient (Wildman–Crippen LogP) is 3.52. The van der Waals surface area contributed by atoms with E-state index >= 15 is 0 Å². The Kier molecular flexibility index (Phi) is 5.87. The summed E-state index contributed by atoms with van der Waals surface area (Å²) in [5, 5.41) is 18.0. The van der Waals surface area contributed by atoms with E-state index in [0.717, 1.165) is 31.2 Å². The molecule has 0 aliphatic rings. The number of unbranched alkanes of at least 4 members (excludes halogenated alkanes) is 3. The van der Waals surface area contributed by atoms with Crippen molar-refractivity contribution >= 4 is 5.97 Å². The molecule has 4 nitrogen and oxygen atoms in total. The van der Waals surface area contributed by atoms with E-state index in [0.29, 0.717) is 17.9 Å². The zero-order valence-electron chi connectivity index (χ0n) is 11.4. The summed E-state index contributed by atoms with van der Waals surface area (Å²) in [7, 11) is 0. The van der Waals surface area contributed by atoms with Gasteiger partial charge in [0.1, 0.15) is 11.3 Å². The van der Waals surface area contributed by atoms with Crippen LogP contribution >= 0.6 is 0 Å². The number of nitriles is 1. The standard InChI is InChI=1S/C15H19NO3/c1-3-4-5-6-7-19-14-8-11(2)12(10-16)9-13(14)15(17)18/h8-9H,3-7H2,1-2H3,(H,17,18). The molecule has 1 aromatic carbocycles. The van der Waals surface area contributed by atoms with E-state index in [9.17, 15) is 4.79 Å². The molecule has 0 bridgehead atoms. The van der Waals surface area contributed by atoms with Gasteiger partial charge in [0.2, 0.25) is 0 Å². The van der Waals surface area contributed by atoms with Crippen molar-refractivity contribution in [2.24, 2.45) is 0 Å². The lowest BCUT2D eigenvalue weighted by atomic mass is 10.0. The van der Waals surface area contributed by atoms with Crippen LogP contribution in [0.4, 0.5) is 0 Å². The smallest absolute Gasteiger partial charge is 0.339 e. The number of carbonyl (C=O) groups is 1. The van der Waals surface area contributed by atoms with Crippen LogP contribution in [0.3, 0.4) is 0 Å². The monoisotopic (exact) mass is 261 g/mol. The summed E-state index contributed by atoms with van der Waals surface area (Å²) in [6.07, 6.45) is 4.29. The highest BCUT2D eigenvalue weighted by Gasteiger charge is 2.14. The van der Waals surface area contributed by atoms with Crippen LogP contribution in [0.2, 0.25) is 0 Å². The maximum atomic E-state index is 11.1. The molecule has 0 aromatic heterocycles. The van der Waals surface area contributed by atoms with Gasteiger partial charge < -0.3 is 9.84 Å². The number of aryl methyl sites for hydroxylation is 1. The number of ether oxygens (including phenoxy) is 1. The fourth-order valence-electron chi connectivity index (χ4n) is 1.80. The van der Waals surface area contributed by atoms with Crippen molar-refractivity contribution in [1.82, 2.24) is 0 Å². The average Bonchev–Trinajstić information content (AvgIpc) is 2.38. The van der Waals surface area contributed by atoms with E-state index in [1.54, 1.807) is 13.0 Å². The maximum absolute atomic E-state index is 11.1. The number of aromatic carboxylic acids is 1. The minimum Gasteiger partial charge on any atom is -0.493 e. The number of nitrogens with zero attached hydrogens (tertiary/aromatic N) is 1. The largest absolute Gasteiger partial charge is 0.493 e. The highest BCUT2D eigenvalue weighted by atomic mass is 16.5. The Morgan fingerprint density at radius 3 is 2.68 bits per heavy atom. The van der Waals surface area contributed by atoms with Crippen LogP contribution in [0, 0.1) is 18.3 Å². The van der Waals surface area contributed by atoms with E-state index in [4.69, 9.17) is 15.1 Å². The van der Waals surface area contributed by atoms with Crippen molar-refractivity contribution in [1.29, 1.82) is 5.26 Å². The number of carboxylic acid groups (broad SMARTS) is 1. The summed E-state index contributed by atoms with van der Waals surface area (Å²) >= 11 is 0. The van der Waals surface area contributed by atoms with Gasteiger partial charge in [0, 0.05) is 0 Å². The third-order valence-electron chi connectivity index (χ3n) is 2.93. The van der Waals surface area contributed by atoms with Gasteiger partial charge in [0.05, 0.1) is 18.2 Å². The molecule has 0 aliphatic carbocycles. The third kappa shape index (κ3) is 4.29. The number of hydrogen-bond acceptors (Lipinski definition) is 3. The average molecular weight is 261 g/mol. The molecule has 1 aromatic rings. The fraction of sp³-hybridized carbons (Fsp3) is 0.467. The lowest BCUT2D eigenvalue weighted by Gasteiger charge is -2.11. The minimum absolute atomic E-state index is 0.0534. The normalized spacial score (nSPS) is 9.95.